The van der Waals surface area contributed by atoms with Gasteiger partial charge in [-0.15, -0.1) is 0 Å². The lowest BCUT2D eigenvalue weighted by atomic mass is 9.96. The van der Waals surface area contributed by atoms with Gasteiger partial charge in [0.2, 0.25) is 0 Å². The van der Waals surface area contributed by atoms with Crippen LogP contribution in [0.4, 0.5) is 0 Å². The van der Waals surface area contributed by atoms with E-state index in [-0.39, 0.29) is 6.42 Å². The smallest absolute Gasteiger partial charge is 0.303 e. The highest BCUT2D eigenvalue weighted by molar-refractivity contribution is 5.71. The Labute approximate surface area is 246 Å². The molecule has 8 heteroatoms. The number of hydrogen-bond donors (Lipinski definition) is 2. The van der Waals surface area contributed by atoms with E-state index >= 15 is 0 Å². The number of fused-ring (bicyclic) bond motifs is 1. The lowest BCUT2D eigenvalue weighted by Crippen LogP contribution is -2.17. The van der Waals surface area contributed by atoms with Crippen molar-refractivity contribution in [2.75, 3.05) is 19.8 Å². The summed E-state index contributed by atoms with van der Waals surface area (Å²) in [6.07, 6.45) is 4.22. The molecule has 3 aromatic carbocycles. The van der Waals surface area contributed by atoms with Crippen molar-refractivity contribution in [1.29, 1.82) is 0 Å². The largest absolute Gasteiger partial charge is 0.488 e. The van der Waals surface area contributed by atoms with Crippen molar-refractivity contribution in [1.82, 2.24) is 10.3 Å². The first kappa shape index (κ1) is 29.0. The number of ether oxygens (including phenoxy) is 4. The first-order chi connectivity index (χ1) is 20.5. The Bertz CT molecular complexity index is 1520. The summed E-state index contributed by atoms with van der Waals surface area (Å²) in [5.74, 6) is 2.22. The van der Waals surface area contributed by atoms with Gasteiger partial charge in [-0.2, -0.15) is 0 Å². The normalized spacial score (nSPS) is 12.1. The van der Waals surface area contributed by atoms with Gasteiger partial charge in [-0.05, 0) is 78.9 Å². The number of benzene rings is 3. The highest BCUT2D eigenvalue weighted by Gasteiger charge is 2.15. The molecule has 0 fully saturated rings. The lowest BCUT2D eigenvalue weighted by molar-refractivity contribution is -0.137. The van der Waals surface area contributed by atoms with Crippen LogP contribution in [0, 0.1) is 13.8 Å². The average Bonchev–Trinajstić information content (AvgIpc) is 3.00. The number of rotatable bonds is 13. The number of aryl methyl sites for hydroxylation is 1. The second-order valence-corrected chi connectivity index (χ2v) is 10.3. The predicted octanol–water partition coefficient (Wildman–Crippen LogP) is 6.25. The van der Waals surface area contributed by atoms with Gasteiger partial charge in [0.05, 0.1) is 0 Å². The van der Waals surface area contributed by atoms with E-state index < -0.39 is 5.97 Å². The third-order valence-electron chi connectivity index (χ3n) is 7.22. The summed E-state index contributed by atoms with van der Waals surface area (Å²) in [5.41, 5.74) is 7.36. The van der Waals surface area contributed by atoms with Crippen LogP contribution in [-0.4, -0.2) is 35.8 Å². The highest BCUT2D eigenvalue weighted by atomic mass is 16.6. The van der Waals surface area contributed by atoms with Gasteiger partial charge in [0.15, 0.2) is 11.5 Å². The Balaban J connectivity index is 1.32. The number of carboxylic acid groups (broad SMARTS) is 1. The predicted molar refractivity (Wildman–Crippen MR) is 160 cm³/mol. The fraction of sp³-hybridized carbons (Fsp3) is 0.294. The van der Waals surface area contributed by atoms with E-state index in [0.717, 1.165) is 56.2 Å². The van der Waals surface area contributed by atoms with Crippen molar-refractivity contribution >= 4 is 5.97 Å². The first-order valence-corrected chi connectivity index (χ1v) is 14.2. The minimum atomic E-state index is -0.790. The molecule has 0 saturated carbocycles. The van der Waals surface area contributed by atoms with E-state index in [1.54, 1.807) is 12.4 Å². The first-order valence-electron chi connectivity index (χ1n) is 14.2. The van der Waals surface area contributed by atoms with E-state index in [4.69, 9.17) is 24.1 Å². The molecule has 1 aromatic heterocycles. The summed E-state index contributed by atoms with van der Waals surface area (Å²) in [7, 11) is 0. The molecule has 42 heavy (non-hydrogen) atoms. The van der Waals surface area contributed by atoms with Crippen molar-refractivity contribution in [2.45, 2.75) is 46.4 Å². The number of aliphatic carboxylic acids is 1. The average molecular weight is 569 g/mol. The number of carboxylic acids is 1. The Morgan fingerprint density at radius 1 is 0.929 bits per heavy atom. The van der Waals surface area contributed by atoms with Crippen LogP contribution in [0.15, 0.2) is 73.1 Å². The van der Waals surface area contributed by atoms with Crippen molar-refractivity contribution in [3.8, 4) is 34.1 Å². The van der Waals surface area contributed by atoms with E-state index in [2.05, 4.69) is 41.5 Å². The highest BCUT2D eigenvalue weighted by Crippen LogP contribution is 2.36. The van der Waals surface area contributed by atoms with Gasteiger partial charge in [-0.1, -0.05) is 30.3 Å². The van der Waals surface area contributed by atoms with Gasteiger partial charge in [0, 0.05) is 42.6 Å². The Morgan fingerprint density at radius 3 is 2.57 bits per heavy atom. The number of aromatic nitrogens is 1. The van der Waals surface area contributed by atoms with E-state index in [1.807, 2.05) is 43.3 Å². The standard InChI is InChI=1S/C34H36N2O6/c1-23-16-28(20-36-13-5-9-34(37)38)32(41-21-25-6-4-12-35-19-25)18-31(23)42-22-27-7-3-8-29(24(27)2)26-10-11-30-33(17-26)40-15-14-39-30/h3-4,6-8,10-12,16-19,36H,5,9,13-15,20-22H2,1-2H3,(H,37,38). The molecule has 5 rings (SSSR count). The van der Waals surface area contributed by atoms with Crippen LogP contribution < -0.4 is 24.3 Å². The van der Waals surface area contributed by atoms with Crippen LogP contribution in [0.2, 0.25) is 0 Å². The van der Waals surface area contributed by atoms with Crippen LogP contribution in [0.3, 0.4) is 0 Å². The molecule has 0 atom stereocenters. The second kappa shape index (κ2) is 13.9. The maximum Gasteiger partial charge on any atom is 0.303 e. The summed E-state index contributed by atoms with van der Waals surface area (Å²) >= 11 is 0. The van der Waals surface area contributed by atoms with E-state index in [9.17, 15) is 4.79 Å². The molecule has 0 bridgehead atoms. The zero-order chi connectivity index (χ0) is 29.3. The lowest BCUT2D eigenvalue weighted by Gasteiger charge is -2.20. The topological polar surface area (TPSA) is 99.1 Å². The van der Waals surface area contributed by atoms with Gasteiger partial charge in [0.1, 0.15) is 37.9 Å². The van der Waals surface area contributed by atoms with E-state index in [0.29, 0.717) is 51.7 Å². The maximum atomic E-state index is 10.8. The third-order valence-corrected chi connectivity index (χ3v) is 7.22. The molecule has 0 radical (unpaired) electrons. The van der Waals surface area contributed by atoms with Crippen LogP contribution in [0.1, 0.15) is 40.7 Å². The molecule has 0 amide bonds. The van der Waals surface area contributed by atoms with Gasteiger partial charge >= 0.3 is 5.97 Å². The number of carbonyl (C=O) groups is 1. The van der Waals surface area contributed by atoms with E-state index in [1.165, 1.54) is 0 Å². The molecule has 0 saturated heterocycles. The van der Waals surface area contributed by atoms with Crippen molar-refractivity contribution in [2.24, 2.45) is 0 Å². The molecule has 2 N–H and O–H groups in total. The molecule has 0 unspecified atom stereocenters. The quantitative estimate of drug-likeness (QED) is 0.183. The summed E-state index contributed by atoms with van der Waals surface area (Å²) in [5, 5.41) is 12.2. The maximum absolute atomic E-state index is 10.8. The number of pyridine rings is 1. The van der Waals surface area contributed by atoms with Crippen molar-refractivity contribution in [3.63, 3.8) is 0 Å². The molecule has 8 nitrogen and oxygen atoms in total. The monoisotopic (exact) mass is 568 g/mol. The van der Waals surface area contributed by atoms with Gasteiger partial charge in [-0.25, -0.2) is 0 Å². The van der Waals surface area contributed by atoms with Gasteiger partial charge in [-0.3, -0.25) is 9.78 Å². The Hall–Kier alpha value is -4.56. The Morgan fingerprint density at radius 2 is 1.76 bits per heavy atom. The molecular weight excluding hydrogens is 532 g/mol. The summed E-state index contributed by atoms with van der Waals surface area (Å²) in [4.78, 5) is 15.0. The van der Waals surface area contributed by atoms with Crippen LogP contribution >= 0.6 is 0 Å². The van der Waals surface area contributed by atoms with Gasteiger partial charge in [0.25, 0.3) is 0 Å². The fourth-order valence-electron chi connectivity index (χ4n) is 4.91. The third kappa shape index (κ3) is 7.39. The Kier molecular flexibility index (Phi) is 9.56. The van der Waals surface area contributed by atoms with Crippen molar-refractivity contribution in [3.05, 3.63) is 101 Å². The van der Waals surface area contributed by atoms with Crippen molar-refractivity contribution < 1.29 is 28.8 Å². The molecule has 1 aliphatic heterocycles. The molecule has 2 heterocycles. The molecular formula is C34H36N2O6. The fourth-order valence-corrected chi connectivity index (χ4v) is 4.91. The molecule has 1 aliphatic rings. The summed E-state index contributed by atoms with van der Waals surface area (Å²) < 4.78 is 24.1. The second-order valence-electron chi connectivity index (χ2n) is 10.3. The minimum Gasteiger partial charge on any atom is -0.488 e. The SMILES string of the molecule is Cc1cc(CNCCCC(=O)O)c(OCc2cccnc2)cc1OCc1cccc(-c2ccc3c(c2)OCCO3)c1C. The number of hydrogen-bond acceptors (Lipinski definition) is 7. The van der Waals surface area contributed by atoms with Crippen LogP contribution in [0.25, 0.3) is 11.1 Å². The molecule has 4 aromatic rings. The number of nitrogens with one attached hydrogen (secondary N) is 1. The van der Waals surface area contributed by atoms with Crippen LogP contribution in [0.5, 0.6) is 23.0 Å². The number of nitrogens with zero attached hydrogens (tertiary/aromatic N) is 1. The van der Waals surface area contributed by atoms with Crippen LogP contribution in [-0.2, 0) is 24.6 Å². The molecule has 0 spiro atoms. The zero-order valence-corrected chi connectivity index (χ0v) is 24.0. The zero-order valence-electron chi connectivity index (χ0n) is 24.0. The molecule has 0 aliphatic carbocycles. The molecule has 218 valence electrons. The minimum absolute atomic E-state index is 0.137. The summed E-state index contributed by atoms with van der Waals surface area (Å²) in [6, 6.07) is 20.2. The summed E-state index contributed by atoms with van der Waals surface area (Å²) in [6.45, 7) is 7.18. The van der Waals surface area contributed by atoms with Gasteiger partial charge < -0.3 is 29.4 Å².